The van der Waals surface area contributed by atoms with Crippen molar-refractivity contribution >= 4 is 23.2 Å². The number of piperazine rings is 1. The maximum absolute atomic E-state index is 12.7. The molecule has 0 saturated carbocycles. The Morgan fingerprint density at radius 3 is 3.00 bits per heavy atom. The molecule has 2 aromatic rings. The molecule has 0 spiro atoms. The molecule has 2 aromatic heterocycles. The van der Waals surface area contributed by atoms with Gasteiger partial charge in [-0.3, -0.25) is 19.5 Å². The van der Waals surface area contributed by atoms with Crippen LogP contribution in [0.4, 0.5) is 0 Å². The summed E-state index contributed by atoms with van der Waals surface area (Å²) in [6, 6.07) is 10.5. The Hall–Kier alpha value is -2.25. The Morgan fingerprint density at radius 2 is 2.19 bits per heavy atom. The van der Waals surface area contributed by atoms with Gasteiger partial charge in [0, 0.05) is 36.2 Å². The highest BCUT2D eigenvalue weighted by atomic mass is 32.1. The van der Waals surface area contributed by atoms with E-state index in [2.05, 4.69) is 33.4 Å². The number of amides is 2. The molecule has 2 amide bonds. The van der Waals surface area contributed by atoms with Gasteiger partial charge < -0.3 is 10.2 Å². The van der Waals surface area contributed by atoms with Crippen LogP contribution in [0.2, 0.25) is 0 Å². The first-order chi connectivity index (χ1) is 13.1. The van der Waals surface area contributed by atoms with E-state index in [9.17, 15) is 9.59 Å². The molecule has 2 aliphatic heterocycles. The fourth-order valence-electron chi connectivity index (χ4n) is 3.85. The van der Waals surface area contributed by atoms with Crippen LogP contribution in [0.25, 0.3) is 0 Å². The number of hydrogen-bond acceptors (Lipinski definition) is 5. The normalized spacial score (nSPS) is 20.7. The highest BCUT2D eigenvalue weighted by Gasteiger charge is 2.29. The van der Waals surface area contributed by atoms with Crippen LogP contribution in [0.3, 0.4) is 0 Å². The van der Waals surface area contributed by atoms with E-state index in [0.717, 1.165) is 42.2 Å². The largest absolute Gasteiger partial charge is 0.353 e. The van der Waals surface area contributed by atoms with Crippen molar-refractivity contribution in [2.45, 2.75) is 32.4 Å². The topological polar surface area (TPSA) is 65.5 Å². The lowest BCUT2D eigenvalue weighted by molar-refractivity contribution is -0.123. The molecule has 1 unspecified atom stereocenters. The van der Waals surface area contributed by atoms with Gasteiger partial charge in [-0.15, -0.1) is 11.3 Å². The maximum atomic E-state index is 12.7. The van der Waals surface area contributed by atoms with Gasteiger partial charge in [-0.1, -0.05) is 6.07 Å². The lowest BCUT2D eigenvalue weighted by atomic mass is 10.2. The highest BCUT2D eigenvalue weighted by Crippen LogP contribution is 2.37. The van der Waals surface area contributed by atoms with Crippen molar-refractivity contribution in [1.29, 1.82) is 0 Å². The molecule has 0 aliphatic carbocycles. The molecule has 0 bridgehead atoms. The highest BCUT2D eigenvalue weighted by molar-refractivity contribution is 7.14. The molecule has 7 heteroatoms. The van der Waals surface area contributed by atoms with Gasteiger partial charge in [0.15, 0.2) is 0 Å². The predicted molar refractivity (Wildman–Crippen MR) is 105 cm³/mol. The van der Waals surface area contributed by atoms with Crippen LogP contribution < -0.4 is 5.32 Å². The van der Waals surface area contributed by atoms with E-state index < -0.39 is 0 Å². The Balaban J connectivity index is 1.46. The Morgan fingerprint density at radius 1 is 1.30 bits per heavy atom. The van der Waals surface area contributed by atoms with E-state index in [1.807, 2.05) is 19.1 Å². The number of thiophene rings is 1. The van der Waals surface area contributed by atoms with Crippen LogP contribution in [-0.4, -0.2) is 52.8 Å². The number of carbonyl (C=O) groups excluding carboxylic acids is 2. The number of aryl methyl sites for hydroxylation is 1. The predicted octanol–water partition coefficient (Wildman–Crippen LogP) is 2.36. The van der Waals surface area contributed by atoms with Gasteiger partial charge in [0.2, 0.25) is 5.91 Å². The summed E-state index contributed by atoms with van der Waals surface area (Å²) in [5.41, 5.74) is 2.13. The van der Waals surface area contributed by atoms with E-state index in [4.69, 9.17) is 0 Å². The average molecular weight is 385 g/mol. The summed E-state index contributed by atoms with van der Waals surface area (Å²) < 4.78 is 0. The molecule has 6 nitrogen and oxygen atoms in total. The zero-order valence-electron chi connectivity index (χ0n) is 15.5. The van der Waals surface area contributed by atoms with Gasteiger partial charge in [-0.05, 0) is 50.6 Å². The van der Waals surface area contributed by atoms with Crippen LogP contribution in [0, 0.1) is 6.92 Å². The van der Waals surface area contributed by atoms with Crippen molar-refractivity contribution in [2.75, 3.05) is 26.2 Å². The molecule has 0 radical (unpaired) electrons. The summed E-state index contributed by atoms with van der Waals surface area (Å²) in [6.07, 6.45) is 2.26. The maximum Gasteiger partial charge on any atom is 0.264 e. The van der Waals surface area contributed by atoms with Crippen LogP contribution >= 0.6 is 11.3 Å². The average Bonchev–Trinajstić information content (AvgIpc) is 3.30. The minimum Gasteiger partial charge on any atom is -0.353 e. The summed E-state index contributed by atoms with van der Waals surface area (Å²) in [5, 5.41) is 2.76. The monoisotopic (exact) mass is 384 g/mol. The summed E-state index contributed by atoms with van der Waals surface area (Å²) in [6.45, 7) is 5.16. The molecule has 1 atom stereocenters. The zero-order valence-corrected chi connectivity index (χ0v) is 16.3. The number of nitrogens with one attached hydrogen (secondary N) is 1. The lowest BCUT2D eigenvalue weighted by Gasteiger charge is -2.26. The third-order valence-corrected chi connectivity index (χ3v) is 6.34. The zero-order chi connectivity index (χ0) is 18.8. The van der Waals surface area contributed by atoms with Crippen molar-refractivity contribution in [3.8, 4) is 0 Å². The number of hydrogen-bond donors (Lipinski definition) is 1. The molecule has 0 aromatic carbocycles. The summed E-state index contributed by atoms with van der Waals surface area (Å²) in [4.78, 5) is 34.9. The fourth-order valence-corrected chi connectivity index (χ4v) is 4.99. The molecular weight excluding hydrogens is 360 g/mol. The quantitative estimate of drug-likeness (QED) is 0.879. The van der Waals surface area contributed by atoms with Crippen molar-refractivity contribution in [1.82, 2.24) is 20.1 Å². The van der Waals surface area contributed by atoms with Crippen LogP contribution in [0.1, 0.15) is 44.8 Å². The first kappa shape index (κ1) is 18.1. The standard InChI is InChI=1S/C20H24N4O2S/c1-14-4-2-5-15(22-14)12-23-10-3-6-16(23)17-7-8-18(27-17)20(26)24-11-9-21-19(25)13-24/h2,4-5,7-8,16H,3,6,9-13H2,1H3,(H,21,25). The van der Waals surface area contributed by atoms with E-state index in [1.54, 1.807) is 16.2 Å². The second-order valence-electron chi connectivity index (χ2n) is 7.18. The number of pyridine rings is 1. The number of likely N-dealkylation sites (tertiary alicyclic amines) is 1. The molecular formula is C20H24N4O2S. The molecule has 2 aliphatic rings. The van der Waals surface area contributed by atoms with E-state index in [1.165, 1.54) is 4.88 Å². The second kappa shape index (κ2) is 7.78. The molecule has 2 fully saturated rings. The number of aromatic nitrogens is 1. The molecule has 27 heavy (non-hydrogen) atoms. The van der Waals surface area contributed by atoms with Crippen molar-refractivity contribution in [3.05, 3.63) is 51.5 Å². The smallest absolute Gasteiger partial charge is 0.264 e. The minimum absolute atomic E-state index is 0.0361. The molecule has 142 valence electrons. The number of rotatable bonds is 4. The van der Waals surface area contributed by atoms with Gasteiger partial charge in [-0.25, -0.2) is 0 Å². The third-order valence-electron chi connectivity index (χ3n) is 5.17. The Bertz CT molecular complexity index is 850. The number of carbonyl (C=O) groups is 2. The molecule has 4 rings (SSSR count). The van der Waals surface area contributed by atoms with E-state index in [-0.39, 0.29) is 18.4 Å². The first-order valence-electron chi connectivity index (χ1n) is 9.42. The summed E-state index contributed by atoms with van der Waals surface area (Å²) >= 11 is 1.57. The molecule has 1 N–H and O–H groups in total. The fraction of sp³-hybridized carbons (Fsp3) is 0.450. The first-order valence-corrected chi connectivity index (χ1v) is 10.2. The van der Waals surface area contributed by atoms with Crippen molar-refractivity contribution in [2.24, 2.45) is 0 Å². The van der Waals surface area contributed by atoms with Gasteiger partial charge in [0.1, 0.15) is 0 Å². The van der Waals surface area contributed by atoms with Crippen LogP contribution in [0.5, 0.6) is 0 Å². The number of nitrogens with zero attached hydrogens (tertiary/aromatic N) is 3. The van der Waals surface area contributed by atoms with E-state index in [0.29, 0.717) is 19.1 Å². The summed E-state index contributed by atoms with van der Waals surface area (Å²) in [5.74, 6) is -0.120. The Kier molecular flexibility index (Phi) is 5.22. The van der Waals surface area contributed by atoms with Crippen molar-refractivity contribution < 1.29 is 9.59 Å². The third kappa shape index (κ3) is 4.04. The van der Waals surface area contributed by atoms with Crippen molar-refractivity contribution in [3.63, 3.8) is 0 Å². The summed E-state index contributed by atoms with van der Waals surface area (Å²) in [7, 11) is 0. The van der Waals surface area contributed by atoms with Gasteiger partial charge in [0.05, 0.1) is 17.1 Å². The van der Waals surface area contributed by atoms with Crippen LogP contribution in [-0.2, 0) is 11.3 Å². The molecule has 4 heterocycles. The van der Waals surface area contributed by atoms with E-state index >= 15 is 0 Å². The van der Waals surface area contributed by atoms with Crippen LogP contribution in [0.15, 0.2) is 30.3 Å². The Labute approximate surface area is 163 Å². The SMILES string of the molecule is Cc1cccc(CN2CCCC2c2ccc(C(=O)N3CCNC(=O)C3)s2)n1. The van der Waals surface area contributed by atoms with Gasteiger partial charge in [-0.2, -0.15) is 0 Å². The van der Waals surface area contributed by atoms with Gasteiger partial charge >= 0.3 is 0 Å². The molecule has 2 saturated heterocycles. The van der Waals surface area contributed by atoms with Gasteiger partial charge in [0.25, 0.3) is 5.91 Å². The second-order valence-corrected chi connectivity index (χ2v) is 8.29. The lowest BCUT2D eigenvalue weighted by Crippen LogP contribution is -2.49. The minimum atomic E-state index is -0.0843.